The molecular weight excluding hydrogens is 269 g/mol. The molecule has 0 saturated carbocycles. The fraction of sp³-hybridized carbons (Fsp3) is 0.143. The minimum absolute atomic E-state index is 0.0406. The van der Waals surface area contributed by atoms with E-state index < -0.39 is 5.82 Å². The molecule has 0 fully saturated rings. The number of halogens is 2. The number of nitrogen functional groups attached to an aromatic ring is 1. The molecule has 0 unspecified atom stereocenters. The first-order valence-electron chi connectivity index (χ1n) is 5.72. The predicted octanol–water partition coefficient (Wildman–Crippen LogP) is 3.39. The number of nitrogens with two attached hydrogens (primary N) is 1. The zero-order valence-corrected chi connectivity index (χ0v) is 10.8. The van der Waals surface area contributed by atoms with Crippen molar-refractivity contribution >= 4 is 17.3 Å². The lowest BCUT2D eigenvalue weighted by atomic mass is 10.1. The van der Waals surface area contributed by atoms with Crippen LogP contribution in [0.15, 0.2) is 36.4 Å². The summed E-state index contributed by atoms with van der Waals surface area (Å²) in [6.45, 7) is 0.0979. The average molecular weight is 282 g/mol. The Morgan fingerprint density at radius 1 is 1.21 bits per heavy atom. The largest absolute Gasteiger partial charge is 0.455 e. The molecule has 0 aromatic heterocycles. The fourth-order valence-electron chi connectivity index (χ4n) is 1.61. The van der Waals surface area contributed by atoms with Gasteiger partial charge >= 0.3 is 0 Å². The number of rotatable bonds is 4. The van der Waals surface area contributed by atoms with Crippen molar-refractivity contribution < 1.29 is 14.2 Å². The van der Waals surface area contributed by atoms with Crippen LogP contribution in [0.5, 0.6) is 11.5 Å². The first-order valence-corrected chi connectivity index (χ1v) is 6.10. The second-order valence-electron chi connectivity index (χ2n) is 4.02. The van der Waals surface area contributed by atoms with Crippen LogP contribution in [0.3, 0.4) is 0 Å². The highest BCUT2D eigenvalue weighted by atomic mass is 35.5. The third-order valence-corrected chi connectivity index (χ3v) is 2.89. The van der Waals surface area contributed by atoms with Gasteiger partial charge in [0.05, 0.1) is 10.7 Å². The van der Waals surface area contributed by atoms with Crippen LogP contribution in [0, 0.1) is 5.82 Å². The van der Waals surface area contributed by atoms with E-state index in [1.165, 1.54) is 6.07 Å². The SMILES string of the molecule is Nc1cc(F)c(Cl)cc1Oc1ccc(CCO)cc1. The normalized spacial score (nSPS) is 10.5. The molecule has 0 aliphatic rings. The fourth-order valence-corrected chi connectivity index (χ4v) is 1.77. The molecule has 0 aliphatic carbocycles. The maximum absolute atomic E-state index is 13.1. The predicted molar refractivity (Wildman–Crippen MR) is 73.1 cm³/mol. The lowest BCUT2D eigenvalue weighted by Gasteiger charge is -2.10. The van der Waals surface area contributed by atoms with E-state index >= 15 is 0 Å². The Hall–Kier alpha value is -1.78. The number of hydrogen-bond donors (Lipinski definition) is 2. The topological polar surface area (TPSA) is 55.5 Å². The highest BCUT2D eigenvalue weighted by molar-refractivity contribution is 6.31. The van der Waals surface area contributed by atoms with Crippen LogP contribution in [0.25, 0.3) is 0 Å². The molecule has 100 valence electrons. The number of benzene rings is 2. The van der Waals surface area contributed by atoms with Crippen LogP contribution >= 0.6 is 11.6 Å². The Morgan fingerprint density at radius 2 is 1.89 bits per heavy atom. The van der Waals surface area contributed by atoms with Crippen molar-refractivity contribution in [2.45, 2.75) is 6.42 Å². The van der Waals surface area contributed by atoms with Gasteiger partial charge in [-0.05, 0) is 24.1 Å². The third-order valence-electron chi connectivity index (χ3n) is 2.60. The lowest BCUT2D eigenvalue weighted by molar-refractivity contribution is 0.299. The quantitative estimate of drug-likeness (QED) is 0.845. The van der Waals surface area contributed by atoms with E-state index in [1.54, 1.807) is 12.1 Å². The van der Waals surface area contributed by atoms with Crippen molar-refractivity contribution in [1.29, 1.82) is 0 Å². The molecular formula is C14H13ClFNO2. The smallest absolute Gasteiger partial charge is 0.151 e. The molecule has 0 aliphatic heterocycles. The first kappa shape index (κ1) is 13.6. The second-order valence-corrected chi connectivity index (χ2v) is 4.43. The molecule has 0 saturated heterocycles. The minimum Gasteiger partial charge on any atom is -0.455 e. The summed E-state index contributed by atoms with van der Waals surface area (Å²) in [7, 11) is 0. The van der Waals surface area contributed by atoms with Crippen LogP contribution in [-0.2, 0) is 6.42 Å². The molecule has 3 nitrogen and oxygen atoms in total. The van der Waals surface area contributed by atoms with Crippen molar-refractivity contribution in [3.8, 4) is 11.5 Å². The number of hydrogen-bond acceptors (Lipinski definition) is 3. The number of anilines is 1. The van der Waals surface area contributed by atoms with Gasteiger partial charge in [0.15, 0.2) is 5.75 Å². The van der Waals surface area contributed by atoms with E-state index in [2.05, 4.69) is 0 Å². The summed E-state index contributed by atoms with van der Waals surface area (Å²) in [5.41, 5.74) is 6.84. The maximum atomic E-state index is 13.1. The first-order chi connectivity index (χ1) is 9.10. The lowest BCUT2D eigenvalue weighted by Crippen LogP contribution is -1.94. The van der Waals surface area contributed by atoms with Gasteiger partial charge in [0, 0.05) is 18.7 Å². The molecule has 0 heterocycles. The molecule has 0 bridgehead atoms. The Balaban J connectivity index is 2.19. The van der Waals surface area contributed by atoms with Crippen molar-refractivity contribution in [3.05, 3.63) is 52.8 Å². The van der Waals surface area contributed by atoms with Crippen LogP contribution in [0.1, 0.15) is 5.56 Å². The third kappa shape index (κ3) is 3.36. The van der Waals surface area contributed by atoms with E-state index in [0.717, 1.165) is 11.6 Å². The van der Waals surface area contributed by atoms with E-state index in [4.69, 9.17) is 27.2 Å². The van der Waals surface area contributed by atoms with Crippen LogP contribution < -0.4 is 10.5 Å². The Labute approximate surface area is 115 Å². The minimum atomic E-state index is -0.579. The number of aliphatic hydroxyl groups excluding tert-OH is 1. The molecule has 5 heteroatoms. The summed E-state index contributed by atoms with van der Waals surface area (Å²) >= 11 is 5.68. The average Bonchev–Trinajstić information content (AvgIpc) is 2.38. The van der Waals surface area contributed by atoms with Crippen LogP contribution in [0.2, 0.25) is 5.02 Å². The second kappa shape index (κ2) is 5.91. The summed E-state index contributed by atoms with van der Waals surface area (Å²) < 4.78 is 18.7. The summed E-state index contributed by atoms with van der Waals surface area (Å²) in [5, 5.41) is 8.78. The van der Waals surface area contributed by atoms with Gasteiger partial charge in [0.2, 0.25) is 0 Å². The molecule has 2 aromatic carbocycles. The molecule has 0 radical (unpaired) electrons. The maximum Gasteiger partial charge on any atom is 0.151 e. The molecule has 2 aromatic rings. The molecule has 19 heavy (non-hydrogen) atoms. The van der Waals surface area contributed by atoms with Gasteiger partial charge in [-0.15, -0.1) is 0 Å². The van der Waals surface area contributed by atoms with Crippen molar-refractivity contribution in [2.24, 2.45) is 0 Å². The van der Waals surface area contributed by atoms with Crippen molar-refractivity contribution in [1.82, 2.24) is 0 Å². The van der Waals surface area contributed by atoms with E-state index in [0.29, 0.717) is 17.9 Å². The van der Waals surface area contributed by atoms with E-state index in [9.17, 15) is 4.39 Å². The van der Waals surface area contributed by atoms with Gasteiger partial charge < -0.3 is 15.6 Å². The summed E-state index contributed by atoms with van der Waals surface area (Å²) in [6, 6.07) is 9.65. The molecule has 0 amide bonds. The van der Waals surface area contributed by atoms with Gasteiger partial charge in [0.25, 0.3) is 0 Å². The van der Waals surface area contributed by atoms with Gasteiger partial charge in [0.1, 0.15) is 11.6 Å². The van der Waals surface area contributed by atoms with E-state index in [1.807, 2.05) is 12.1 Å². The van der Waals surface area contributed by atoms with Gasteiger partial charge in [-0.2, -0.15) is 0 Å². The molecule has 3 N–H and O–H groups in total. The summed E-state index contributed by atoms with van der Waals surface area (Å²) in [5.74, 6) is 0.294. The highest BCUT2D eigenvalue weighted by Crippen LogP contribution is 2.32. The zero-order chi connectivity index (χ0) is 13.8. The molecule has 2 rings (SSSR count). The van der Waals surface area contributed by atoms with Crippen LogP contribution in [-0.4, -0.2) is 11.7 Å². The Kier molecular flexibility index (Phi) is 4.24. The summed E-state index contributed by atoms with van der Waals surface area (Å²) in [4.78, 5) is 0. The Morgan fingerprint density at radius 3 is 2.53 bits per heavy atom. The standard InChI is InChI=1S/C14H13ClFNO2/c15-11-7-14(13(17)8-12(11)16)19-10-3-1-9(2-4-10)5-6-18/h1-4,7-8,18H,5-6,17H2. The monoisotopic (exact) mass is 281 g/mol. The Bertz CT molecular complexity index is 572. The van der Waals surface area contributed by atoms with Crippen molar-refractivity contribution in [3.63, 3.8) is 0 Å². The van der Waals surface area contributed by atoms with Gasteiger partial charge in [-0.1, -0.05) is 23.7 Å². The van der Waals surface area contributed by atoms with Crippen LogP contribution in [0.4, 0.5) is 10.1 Å². The number of ether oxygens (including phenoxy) is 1. The van der Waals surface area contributed by atoms with Crippen molar-refractivity contribution in [2.75, 3.05) is 12.3 Å². The zero-order valence-electron chi connectivity index (χ0n) is 10.1. The van der Waals surface area contributed by atoms with Gasteiger partial charge in [-0.3, -0.25) is 0 Å². The molecule has 0 spiro atoms. The summed E-state index contributed by atoms with van der Waals surface area (Å²) in [6.07, 6.45) is 0.588. The number of aliphatic hydroxyl groups is 1. The molecule has 0 atom stereocenters. The van der Waals surface area contributed by atoms with E-state index in [-0.39, 0.29) is 17.3 Å². The van der Waals surface area contributed by atoms with Gasteiger partial charge in [-0.25, -0.2) is 4.39 Å². The highest BCUT2D eigenvalue weighted by Gasteiger charge is 2.08.